The summed E-state index contributed by atoms with van der Waals surface area (Å²) >= 11 is 19.6. The Labute approximate surface area is 198 Å². The molecule has 31 heavy (non-hydrogen) atoms. The zero-order chi connectivity index (χ0) is 21.8. The molecule has 156 valence electrons. The maximum atomic E-state index is 14.0. The molecule has 3 aromatic rings. The van der Waals surface area contributed by atoms with Crippen molar-refractivity contribution in [1.29, 1.82) is 0 Å². The van der Waals surface area contributed by atoms with Gasteiger partial charge in [-0.25, -0.2) is 0 Å². The molecular weight excluding hydrogens is 475 g/mol. The van der Waals surface area contributed by atoms with Crippen molar-refractivity contribution < 1.29 is 9.59 Å². The van der Waals surface area contributed by atoms with Crippen LogP contribution in [0.15, 0.2) is 66.7 Å². The van der Waals surface area contributed by atoms with E-state index < -0.39 is 4.87 Å². The smallest absolute Gasteiger partial charge is 0.269 e. The number of amides is 2. The Hall–Kier alpha value is -2.18. The molecule has 0 aliphatic carbocycles. The van der Waals surface area contributed by atoms with E-state index in [9.17, 15) is 9.59 Å². The summed E-state index contributed by atoms with van der Waals surface area (Å²) in [4.78, 5) is 29.1. The molecule has 1 fully saturated rings. The minimum Gasteiger partial charge on any atom is -0.304 e. The fourth-order valence-corrected chi connectivity index (χ4v) is 5.93. The number of fused-ring (bicyclic) bond motifs is 2. The molecule has 2 aliphatic heterocycles. The molecule has 4 nitrogen and oxygen atoms in total. The lowest BCUT2D eigenvalue weighted by Gasteiger charge is -2.33. The standard InChI is InChI=1S/C23H15Cl3N2O2S/c24-15-6-8-16(9-7-15)28-21(29)13-31-23(28)17-3-1-2-4-20(17)27(22(23)30)12-14-5-10-18(25)19(26)11-14/h1-11H,12-13H2. The highest BCUT2D eigenvalue weighted by Crippen LogP contribution is 2.56. The van der Waals surface area contributed by atoms with E-state index >= 15 is 0 Å². The first kappa shape index (κ1) is 20.7. The molecule has 1 saturated heterocycles. The van der Waals surface area contributed by atoms with Crippen molar-refractivity contribution in [2.75, 3.05) is 15.6 Å². The first-order valence-corrected chi connectivity index (χ1v) is 11.6. The molecule has 0 N–H and O–H groups in total. The summed E-state index contributed by atoms with van der Waals surface area (Å²) in [5.41, 5.74) is 3.06. The number of halogens is 3. The fourth-order valence-electron chi connectivity index (χ4n) is 4.12. The van der Waals surface area contributed by atoms with Gasteiger partial charge in [-0.3, -0.25) is 14.5 Å². The first-order valence-electron chi connectivity index (χ1n) is 9.50. The van der Waals surface area contributed by atoms with Gasteiger partial charge in [-0.05, 0) is 48.0 Å². The topological polar surface area (TPSA) is 40.6 Å². The van der Waals surface area contributed by atoms with Gasteiger partial charge in [-0.1, -0.05) is 59.1 Å². The van der Waals surface area contributed by atoms with Crippen LogP contribution in [0.25, 0.3) is 0 Å². The van der Waals surface area contributed by atoms with Gasteiger partial charge >= 0.3 is 0 Å². The molecule has 5 rings (SSSR count). The van der Waals surface area contributed by atoms with Crippen LogP contribution >= 0.6 is 46.6 Å². The van der Waals surface area contributed by atoms with Crippen LogP contribution in [-0.2, 0) is 21.0 Å². The number of rotatable bonds is 3. The number of hydrogen-bond acceptors (Lipinski definition) is 3. The summed E-state index contributed by atoms with van der Waals surface area (Å²) in [6.45, 7) is 0.317. The summed E-state index contributed by atoms with van der Waals surface area (Å²) in [5, 5.41) is 1.46. The summed E-state index contributed by atoms with van der Waals surface area (Å²) in [7, 11) is 0. The Morgan fingerprint density at radius 3 is 2.39 bits per heavy atom. The van der Waals surface area contributed by atoms with Gasteiger partial charge < -0.3 is 4.90 Å². The van der Waals surface area contributed by atoms with Crippen LogP contribution in [0.4, 0.5) is 11.4 Å². The molecule has 2 amide bonds. The number of carbonyl (C=O) groups excluding carboxylic acids is 2. The van der Waals surface area contributed by atoms with E-state index in [0.29, 0.717) is 27.3 Å². The minimum absolute atomic E-state index is 0.119. The molecule has 0 saturated carbocycles. The van der Waals surface area contributed by atoms with Crippen LogP contribution in [0.2, 0.25) is 15.1 Å². The predicted octanol–water partition coefficient (Wildman–Crippen LogP) is 6.13. The van der Waals surface area contributed by atoms with Crippen molar-refractivity contribution in [3.05, 3.63) is 92.9 Å². The van der Waals surface area contributed by atoms with Crippen LogP contribution in [0.1, 0.15) is 11.1 Å². The maximum absolute atomic E-state index is 14.0. The number of benzene rings is 3. The van der Waals surface area contributed by atoms with Gasteiger partial charge in [-0.2, -0.15) is 0 Å². The van der Waals surface area contributed by atoms with Crippen molar-refractivity contribution in [2.45, 2.75) is 11.4 Å². The summed E-state index contributed by atoms with van der Waals surface area (Å²) in [5.74, 6) is -0.0685. The van der Waals surface area contributed by atoms with E-state index in [1.807, 2.05) is 30.3 Å². The maximum Gasteiger partial charge on any atom is 0.269 e. The Morgan fingerprint density at radius 1 is 0.903 bits per heavy atom. The van der Waals surface area contributed by atoms with E-state index in [-0.39, 0.29) is 17.6 Å². The molecule has 3 aromatic carbocycles. The highest BCUT2D eigenvalue weighted by Gasteiger charge is 2.60. The van der Waals surface area contributed by atoms with Crippen molar-refractivity contribution in [3.8, 4) is 0 Å². The van der Waals surface area contributed by atoms with Gasteiger partial charge in [0.25, 0.3) is 5.91 Å². The van der Waals surface area contributed by atoms with Crippen LogP contribution in [0, 0.1) is 0 Å². The average Bonchev–Trinajstić information content (AvgIpc) is 3.23. The molecule has 0 aromatic heterocycles. The monoisotopic (exact) mass is 488 g/mol. The van der Waals surface area contributed by atoms with E-state index in [1.54, 1.807) is 46.2 Å². The average molecular weight is 490 g/mol. The summed E-state index contributed by atoms with van der Waals surface area (Å²) in [6, 6.07) is 19.9. The van der Waals surface area contributed by atoms with Crippen molar-refractivity contribution in [3.63, 3.8) is 0 Å². The molecule has 2 heterocycles. The highest BCUT2D eigenvalue weighted by atomic mass is 35.5. The third kappa shape index (κ3) is 3.23. The van der Waals surface area contributed by atoms with E-state index in [0.717, 1.165) is 16.8 Å². The van der Waals surface area contributed by atoms with E-state index in [2.05, 4.69) is 0 Å². The third-order valence-corrected chi connectivity index (χ3v) is 7.85. The quantitative estimate of drug-likeness (QED) is 0.444. The third-order valence-electron chi connectivity index (χ3n) is 5.47. The number of nitrogens with zero attached hydrogens (tertiary/aromatic N) is 2. The Bertz CT molecular complexity index is 1220. The zero-order valence-corrected chi connectivity index (χ0v) is 19.1. The molecule has 0 bridgehead atoms. The van der Waals surface area contributed by atoms with E-state index in [1.165, 1.54) is 11.8 Å². The lowest BCUT2D eigenvalue weighted by molar-refractivity contribution is -0.123. The largest absolute Gasteiger partial charge is 0.304 e. The van der Waals surface area contributed by atoms with Crippen LogP contribution in [0.5, 0.6) is 0 Å². The second kappa shape index (κ2) is 7.75. The Kier molecular flexibility index (Phi) is 5.18. The lowest BCUT2D eigenvalue weighted by Crippen LogP contribution is -2.49. The Balaban J connectivity index is 1.62. The molecule has 1 spiro atoms. The van der Waals surface area contributed by atoms with Crippen LogP contribution in [-0.4, -0.2) is 17.6 Å². The molecule has 2 aliphatic rings. The van der Waals surface area contributed by atoms with Gasteiger partial charge in [0, 0.05) is 16.3 Å². The normalized spacial score (nSPS) is 20.1. The number of anilines is 2. The van der Waals surface area contributed by atoms with Crippen LogP contribution in [0.3, 0.4) is 0 Å². The Morgan fingerprint density at radius 2 is 1.65 bits per heavy atom. The molecule has 0 radical (unpaired) electrons. The van der Waals surface area contributed by atoms with Crippen molar-refractivity contribution in [1.82, 2.24) is 0 Å². The SMILES string of the molecule is O=C1CSC2(C(=O)N(Cc3ccc(Cl)c(Cl)c3)c3ccccc32)N1c1ccc(Cl)cc1. The fraction of sp³-hybridized carbons (Fsp3) is 0.130. The van der Waals surface area contributed by atoms with E-state index in [4.69, 9.17) is 34.8 Å². The molecule has 8 heteroatoms. The number of carbonyl (C=O) groups is 2. The highest BCUT2D eigenvalue weighted by molar-refractivity contribution is 8.02. The van der Waals surface area contributed by atoms with Crippen molar-refractivity contribution >= 4 is 69.8 Å². The summed E-state index contributed by atoms with van der Waals surface area (Å²) < 4.78 is 0. The molecule has 1 unspecified atom stereocenters. The zero-order valence-electron chi connectivity index (χ0n) is 16.0. The first-order chi connectivity index (χ1) is 14.9. The number of hydrogen-bond donors (Lipinski definition) is 0. The van der Waals surface area contributed by atoms with Gasteiger partial charge in [0.2, 0.25) is 10.8 Å². The number of para-hydroxylation sites is 1. The van der Waals surface area contributed by atoms with Crippen LogP contribution < -0.4 is 9.80 Å². The van der Waals surface area contributed by atoms with Crippen molar-refractivity contribution in [2.24, 2.45) is 0 Å². The second-order valence-corrected chi connectivity index (χ2v) is 9.71. The minimum atomic E-state index is -1.16. The van der Waals surface area contributed by atoms with Gasteiger partial charge in [0.05, 0.1) is 28.0 Å². The van der Waals surface area contributed by atoms with Gasteiger partial charge in [-0.15, -0.1) is 11.8 Å². The molecule has 1 atom stereocenters. The second-order valence-electron chi connectivity index (χ2n) is 7.30. The lowest BCUT2D eigenvalue weighted by atomic mass is 10.0. The molecular formula is C23H15Cl3N2O2S. The summed E-state index contributed by atoms with van der Waals surface area (Å²) in [6.07, 6.45) is 0. The number of thioether (sulfide) groups is 1. The van der Waals surface area contributed by atoms with Gasteiger partial charge in [0.1, 0.15) is 0 Å². The van der Waals surface area contributed by atoms with Gasteiger partial charge in [0.15, 0.2) is 0 Å². The predicted molar refractivity (Wildman–Crippen MR) is 127 cm³/mol.